The molecular weight excluding hydrogens is 298 g/mol. The van der Waals surface area contributed by atoms with Gasteiger partial charge in [-0.3, -0.25) is 4.79 Å². The highest BCUT2D eigenvalue weighted by Gasteiger charge is 2.21. The van der Waals surface area contributed by atoms with Gasteiger partial charge in [0.15, 0.2) is 0 Å². The quantitative estimate of drug-likeness (QED) is 0.900. The van der Waals surface area contributed by atoms with Crippen LogP contribution in [0.3, 0.4) is 0 Å². The molecule has 22 heavy (non-hydrogen) atoms. The average molecular weight is 319 g/mol. The highest BCUT2D eigenvalue weighted by Crippen LogP contribution is 2.13. The third kappa shape index (κ3) is 3.53. The number of aromatic nitrogens is 3. The number of nitrogens with zero attached hydrogens (tertiary/aromatic N) is 4. The number of nitrogens with one attached hydrogen (secondary N) is 1. The van der Waals surface area contributed by atoms with Crippen LogP contribution < -0.4 is 5.32 Å². The van der Waals surface area contributed by atoms with Gasteiger partial charge in [-0.25, -0.2) is 9.67 Å². The first-order chi connectivity index (χ1) is 10.6. The minimum absolute atomic E-state index is 0.119. The smallest absolute Gasteiger partial charge is 0.236 e. The molecule has 1 N–H and O–H groups in total. The van der Waals surface area contributed by atoms with E-state index in [4.69, 9.17) is 0 Å². The number of aryl methyl sites for hydroxylation is 2. The maximum absolute atomic E-state index is 12.2. The molecule has 0 radical (unpaired) electrons. The zero-order chi connectivity index (χ0) is 15.5. The lowest BCUT2D eigenvalue weighted by Gasteiger charge is -2.24. The predicted octanol–water partition coefficient (Wildman–Crippen LogP) is 1.21. The van der Waals surface area contributed by atoms with Crippen molar-refractivity contribution in [2.24, 2.45) is 0 Å². The SMILES string of the molecule is Cc1nc2n(n1)C[C@H](NCC(=O)N(C)Cc1cccs1)CC2. The van der Waals surface area contributed by atoms with E-state index in [9.17, 15) is 4.79 Å². The molecule has 1 aliphatic heterocycles. The number of thiophene rings is 1. The van der Waals surface area contributed by atoms with Crippen LogP contribution >= 0.6 is 11.3 Å². The van der Waals surface area contributed by atoms with Gasteiger partial charge in [0, 0.05) is 24.4 Å². The Labute approximate surface area is 134 Å². The van der Waals surface area contributed by atoms with Crippen molar-refractivity contribution < 1.29 is 4.79 Å². The lowest BCUT2D eigenvalue weighted by atomic mass is 10.1. The summed E-state index contributed by atoms with van der Waals surface area (Å²) in [5, 5.41) is 9.77. The molecule has 2 aromatic rings. The van der Waals surface area contributed by atoms with Crippen molar-refractivity contribution in [1.29, 1.82) is 0 Å². The molecule has 1 amide bonds. The van der Waals surface area contributed by atoms with E-state index in [0.717, 1.165) is 31.0 Å². The van der Waals surface area contributed by atoms with E-state index in [1.165, 1.54) is 4.88 Å². The van der Waals surface area contributed by atoms with Crippen molar-refractivity contribution >= 4 is 17.2 Å². The van der Waals surface area contributed by atoms with Gasteiger partial charge in [0.1, 0.15) is 11.6 Å². The molecule has 6 nitrogen and oxygen atoms in total. The minimum atomic E-state index is 0.119. The standard InChI is InChI=1S/C15H21N5OS/c1-11-17-14-6-5-12(9-20(14)18-11)16-8-15(21)19(2)10-13-4-3-7-22-13/h3-4,7,12,16H,5-6,8-10H2,1-2H3/t12-/m1/s1. The summed E-state index contributed by atoms with van der Waals surface area (Å²) in [6.45, 7) is 3.75. The van der Waals surface area contributed by atoms with E-state index in [1.54, 1.807) is 16.2 Å². The van der Waals surface area contributed by atoms with Crippen LogP contribution in [-0.4, -0.2) is 45.2 Å². The van der Waals surface area contributed by atoms with Crippen molar-refractivity contribution in [3.05, 3.63) is 34.0 Å². The summed E-state index contributed by atoms with van der Waals surface area (Å²) in [4.78, 5) is 19.6. The van der Waals surface area contributed by atoms with Gasteiger partial charge in [0.25, 0.3) is 0 Å². The van der Waals surface area contributed by atoms with Gasteiger partial charge in [-0.1, -0.05) is 6.07 Å². The van der Waals surface area contributed by atoms with Gasteiger partial charge >= 0.3 is 0 Å². The van der Waals surface area contributed by atoms with Crippen molar-refractivity contribution in [2.75, 3.05) is 13.6 Å². The summed E-state index contributed by atoms with van der Waals surface area (Å²) in [6, 6.07) is 4.35. The van der Waals surface area contributed by atoms with E-state index in [1.807, 2.05) is 30.1 Å². The molecule has 3 heterocycles. The highest BCUT2D eigenvalue weighted by molar-refractivity contribution is 7.09. The second kappa shape index (κ2) is 6.58. The Kier molecular flexibility index (Phi) is 4.54. The van der Waals surface area contributed by atoms with Gasteiger partial charge in [-0.15, -0.1) is 11.3 Å². The highest BCUT2D eigenvalue weighted by atomic mass is 32.1. The van der Waals surface area contributed by atoms with Crippen LogP contribution in [0.15, 0.2) is 17.5 Å². The molecule has 0 saturated heterocycles. The molecule has 0 aromatic carbocycles. The molecule has 2 aromatic heterocycles. The van der Waals surface area contributed by atoms with Crippen molar-refractivity contribution in [1.82, 2.24) is 25.0 Å². The Morgan fingerprint density at radius 2 is 2.45 bits per heavy atom. The molecule has 0 aliphatic carbocycles. The Bertz CT molecular complexity index is 636. The molecule has 0 unspecified atom stereocenters. The number of amides is 1. The van der Waals surface area contributed by atoms with Crippen LogP contribution in [0.5, 0.6) is 0 Å². The summed E-state index contributed by atoms with van der Waals surface area (Å²) in [7, 11) is 1.85. The molecule has 3 rings (SSSR count). The van der Waals surface area contributed by atoms with E-state index >= 15 is 0 Å². The van der Waals surface area contributed by atoms with E-state index in [0.29, 0.717) is 13.1 Å². The number of hydrogen-bond acceptors (Lipinski definition) is 5. The molecule has 0 saturated carbocycles. The Balaban J connectivity index is 1.47. The number of fused-ring (bicyclic) bond motifs is 1. The molecule has 0 fully saturated rings. The molecule has 1 atom stereocenters. The number of rotatable bonds is 5. The molecule has 0 bridgehead atoms. The molecule has 7 heteroatoms. The molecule has 1 aliphatic rings. The van der Waals surface area contributed by atoms with Gasteiger partial charge in [0.05, 0.1) is 19.6 Å². The summed E-state index contributed by atoms with van der Waals surface area (Å²) < 4.78 is 1.95. The summed E-state index contributed by atoms with van der Waals surface area (Å²) in [6.07, 6.45) is 1.91. The number of likely N-dealkylation sites (N-methyl/N-ethyl adjacent to an activating group) is 1. The van der Waals surface area contributed by atoms with Gasteiger partial charge in [-0.05, 0) is 24.8 Å². The lowest BCUT2D eigenvalue weighted by molar-refractivity contribution is -0.129. The van der Waals surface area contributed by atoms with Gasteiger partial charge in [0.2, 0.25) is 5.91 Å². The van der Waals surface area contributed by atoms with Crippen molar-refractivity contribution in [3.8, 4) is 0 Å². The summed E-state index contributed by atoms with van der Waals surface area (Å²) in [5.74, 6) is 1.99. The second-order valence-electron chi connectivity index (χ2n) is 5.70. The molecule has 0 spiro atoms. The Morgan fingerprint density at radius 1 is 1.59 bits per heavy atom. The zero-order valence-electron chi connectivity index (χ0n) is 13.0. The third-order valence-corrected chi connectivity index (χ3v) is 4.77. The summed E-state index contributed by atoms with van der Waals surface area (Å²) in [5.41, 5.74) is 0. The average Bonchev–Trinajstić information content (AvgIpc) is 3.12. The Hall–Kier alpha value is -1.73. The minimum Gasteiger partial charge on any atom is -0.340 e. The molecule has 118 valence electrons. The predicted molar refractivity (Wildman–Crippen MR) is 85.7 cm³/mol. The monoisotopic (exact) mass is 319 g/mol. The fourth-order valence-corrected chi connectivity index (χ4v) is 3.45. The van der Waals surface area contributed by atoms with Crippen LogP contribution in [0.1, 0.15) is 22.9 Å². The molecular formula is C15H21N5OS. The summed E-state index contributed by atoms with van der Waals surface area (Å²) >= 11 is 1.68. The fourth-order valence-electron chi connectivity index (χ4n) is 2.69. The number of hydrogen-bond donors (Lipinski definition) is 1. The first-order valence-corrected chi connectivity index (χ1v) is 8.40. The van der Waals surface area contributed by atoms with Crippen molar-refractivity contribution in [3.63, 3.8) is 0 Å². The normalized spacial score (nSPS) is 17.3. The third-order valence-electron chi connectivity index (χ3n) is 3.90. The number of carbonyl (C=O) groups excluding carboxylic acids is 1. The van der Waals surface area contributed by atoms with Gasteiger partial charge < -0.3 is 10.2 Å². The largest absolute Gasteiger partial charge is 0.340 e. The lowest BCUT2D eigenvalue weighted by Crippen LogP contribution is -2.43. The van der Waals surface area contributed by atoms with E-state index in [2.05, 4.69) is 21.5 Å². The maximum Gasteiger partial charge on any atom is 0.236 e. The van der Waals surface area contributed by atoms with E-state index in [-0.39, 0.29) is 11.9 Å². The number of carbonyl (C=O) groups is 1. The van der Waals surface area contributed by atoms with Crippen LogP contribution in [0.4, 0.5) is 0 Å². The van der Waals surface area contributed by atoms with Crippen LogP contribution in [-0.2, 0) is 24.3 Å². The van der Waals surface area contributed by atoms with Gasteiger partial charge in [-0.2, -0.15) is 5.10 Å². The Morgan fingerprint density at radius 3 is 3.23 bits per heavy atom. The first kappa shape index (κ1) is 15.2. The van der Waals surface area contributed by atoms with Crippen LogP contribution in [0, 0.1) is 6.92 Å². The van der Waals surface area contributed by atoms with Crippen molar-refractivity contribution in [2.45, 2.75) is 38.9 Å². The van der Waals surface area contributed by atoms with Crippen LogP contribution in [0.25, 0.3) is 0 Å². The second-order valence-corrected chi connectivity index (χ2v) is 6.74. The zero-order valence-corrected chi connectivity index (χ0v) is 13.8. The topological polar surface area (TPSA) is 63.1 Å². The first-order valence-electron chi connectivity index (χ1n) is 7.52. The van der Waals surface area contributed by atoms with E-state index < -0.39 is 0 Å². The fraction of sp³-hybridized carbons (Fsp3) is 0.533. The van der Waals surface area contributed by atoms with Crippen LogP contribution in [0.2, 0.25) is 0 Å². The maximum atomic E-state index is 12.2.